The fourth-order valence-electron chi connectivity index (χ4n) is 2.01. The van der Waals surface area contributed by atoms with E-state index in [2.05, 4.69) is 10.6 Å². The quantitative estimate of drug-likeness (QED) is 0.371. The predicted molar refractivity (Wildman–Crippen MR) is 88.2 cm³/mol. The van der Waals surface area contributed by atoms with Crippen LogP contribution in [0.15, 0.2) is 0 Å². The van der Waals surface area contributed by atoms with Crippen molar-refractivity contribution in [2.24, 2.45) is 0 Å². The average Bonchev–Trinajstić information content (AvgIpc) is 2.39. The van der Waals surface area contributed by atoms with E-state index in [0.29, 0.717) is 25.9 Å². The predicted octanol–water partition coefficient (Wildman–Crippen LogP) is 2.03. The summed E-state index contributed by atoms with van der Waals surface area (Å²) in [6.45, 7) is 5.21. The van der Waals surface area contributed by atoms with Crippen LogP contribution in [0.4, 0.5) is 0 Å². The fraction of sp³-hybridized carbons (Fsp3) is 0.857. The molecule has 0 aromatic carbocycles. The summed E-state index contributed by atoms with van der Waals surface area (Å²) in [5.41, 5.74) is 0. The number of rotatable bonds is 13. The van der Waals surface area contributed by atoms with Gasteiger partial charge in [0.25, 0.3) is 0 Å². The Kier molecular flexibility index (Phi) is 15.4. The van der Waals surface area contributed by atoms with Crippen molar-refractivity contribution in [3.05, 3.63) is 0 Å². The molecule has 7 heteroatoms. The monoisotopic (exact) mass is 368 g/mol. The van der Waals surface area contributed by atoms with E-state index in [1.807, 2.05) is 13.8 Å². The van der Waals surface area contributed by atoms with Crippen LogP contribution >= 0.6 is 17.0 Å². The van der Waals surface area contributed by atoms with E-state index >= 15 is 0 Å². The molecule has 0 heterocycles. The van der Waals surface area contributed by atoms with Gasteiger partial charge in [0, 0.05) is 0 Å². The summed E-state index contributed by atoms with van der Waals surface area (Å²) in [6, 6.07) is -0.945. The highest BCUT2D eigenvalue weighted by Crippen LogP contribution is 1.99. The zero-order valence-electron chi connectivity index (χ0n) is 12.9. The third kappa shape index (κ3) is 11.7. The highest BCUT2D eigenvalue weighted by molar-refractivity contribution is 8.93. The van der Waals surface area contributed by atoms with Crippen LogP contribution in [0, 0.1) is 0 Å². The Morgan fingerprint density at radius 2 is 1.19 bits per heavy atom. The molecule has 2 unspecified atom stereocenters. The van der Waals surface area contributed by atoms with Crippen molar-refractivity contribution in [3.63, 3.8) is 0 Å². The maximum atomic E-state index is 10.9. The molecule has 0 rings (SSSR count). The van der Waals surface area contributed by atoms with Gasteiger partial charge in [0.15, 0.2) is 0 Å². The summed E-state index contributed by atoms with van der Waals surface area (Å²) in [5, 5.41) is 23.9. The molecule has 4 N–H and O–H groups in total. The standard InChI is InChI=1S/C14H28N2O4.BrH/c1-3-7-11(13(17)18)15-9-5-6-10-16-12(8-4-2)14(19)20;/h11-12,15-16H,3-10H2,1-2H3,(H,17,18)(H,19,20);1H. The van der Waals surface area contributed by atoms with Gasteiger partial charge in [0.2, 0.25) is 0 Å². The maximum Gasteiger partial charge on any atom is 0.320 e. The van der Waals surface area contributed by atoms with E-state index < -0.39 is 24.0 Å². The third-order valence-corrected chi connectivity index (χ3v) is 3.14. The molecule has 6 nitrogen and oxygen atoms in total. The lowest BCUT2D eigenvalue weighted by Gasteiger charge is -2.15. The fourth-order valence-corrected chi connectivity index (χ4v) is 2.01. The van der Waals surface area contributed by atoms with Crippen LogP contribution in [0.2, 0.25) is 0 Å². The molecular formula is C14H29BrN2O4. The molecule has 2 atom stereocenters. The van der Waals surface area contributed by atoms with Crippen molar-refractivity contribution in [1.82, 2.24) is 10.6 Å². The number of hydrogen-bond acceptors (Lipinski definition) is 4. The number of nitrogens with one attached hydrogen (secondary N) is 2. The highest BCUT2D eigenvalue weighted by Gasteiger charge is 2.15. The number of unbranched alkanes of at least 4 members (excludes halogenated alkanes) is 1. The smallest absolute Gasteiger partial charge is 0.320 e. The van der Waals surface area contributed by atoms with Crippen molar-refractivity contribution < 1.29 is 19.8 Å². The summed E-state index contributed by atoms with van der Waals surface area (Å²) in [5.74, 6) is -1.61. The Hall–Kier alpha value is -0.660. The van der Waals surface area contributed by atoms with E-state index in [0.717, 1.165) is 25.7 Å². The Morgan fingerprint density at radius 1 is 0.857 bits per heavy atom. The van der Waals surface area contributed by atoms with Crippen LogP contribution in [-0.4, -0.2) is 47.3 Å². The van der Waals surface area contributed by atoms with Gasteiger partial charge >= 0.3 is 11.9 Å². The first-order valence-electron chi connectivity index (χ1n) is 7.45. The lowest BCUT2D eigenvalue weighted by molar-refractivity contribution is -0.140. The van der Waals surface area contributed by atoms with E-state index in [-0.39, 0.29) is 17.0 Å². The molecule has 0 aromatic rings. The molecule has 0 spiro atoms. The molecule has 0 aromatic heterocycles. The van der Waals surface area contributed by atoms with Crippen molar-refractivity contribution in [2.75, 3.05) is 13.1 Å². The first-order valence-corrected chi connectivity index (χ1v) is 7.45. The molecular weight excluding hydrogens is 340 g/mol. The van der Waals surface area contributed by atoms with Crippen molar-refractivity contribution in [3.8, 4) is 0 Å². The van der Waals surface area contributed by atoms with Gasteiger partial charge in [-0.05, 0) is 38.8 Å². The van der Waals surface area contributed by atoms with Gasteiger partial charge in [0.1, 0.15) is 12.1 Å². The average molecular weight is 369 g/mol. The molecule has 126 valence electrons. The first-order chi connectivity index (χ1) is 9.52. The summed E-state index contributed by atoms with van der Waals surface area (Å²) in [4.78, 5) is 21.8. The Labute approximate surface area is 137 Å². The van der Waals surface area contributed by atoms with E-state index in [9.17, 15) is 9.59 Å². The molecule has 0 bridgehead atoms. The van der Waals surface area contributed by atoms with Crippen LogP contribution in [0.3, 0.4) is 0 Å². The van der Waals surface area contributed by atoms with Crippen molar-refractivity contribution in [2.45, 2.75) is 64.5 Å². The van der Waals surface area contributed by atoms with Gasteiger partial charge in [0.05, 0.1) is 0 Å². The minimum atomic E-state index is -0.807. The van der Waals surface area contributed by atoms with E-state index in [1.165, 1.54) is 0 Å². The lowest BCUT2D eigenvalue weighted by Crippen LogP contribution is -2.38. The molecule has 0 saturated heterocycles. The van der Waals surface area contributed by atoms with Crippen LogP contribution in [-0.2, 0) is 9.59 Å². The van der Waals surface area contributed by atoms with E-state index in [4.69, 9.17) is 10.2 Å². The number of carbonyl (C=O) groups is 2. The molecule has 0 aliphatic heterocycles. The summed E-state index contributed by atoms with van der Waals surface area (Å²) in [7, 11) is 0. The number of carboxylic acid groups (broad SMARTS) is 2. The second kappa shape index (κ2) is 14.3. The number of hydrogen-bond donors (Lipinski definition) is 4. The van der Waals surface area contributed by atoms with Crippen molar-refractivity contribution in [1.29, 1.82) is 0 Å². The second-order valence-corrected chi connectivity index (χ2v) is 4.97. The number of halogens is 1. The molecule has 0 aliphatic rings. The van der Waals surface area contributed by atoms with Crippen LogP contribution in [0.1, 0.15) is 52.4 Å². The normalized spacial score (nSPS) is 13.2. The first kappa shape index (κ1) is 22.6. The van der Waals surface area contributed by atoms with E-state index in [1.54, 1.807) is 0 Å². The highest BCUT2D eigenvalue weighted by atomic mass is 79.9. The van der Waals surface area contributed by atoms with Crippen LogP contribution < -0.4 is 10.6 Å². The van der Waals surface area contributed by atoms with Crippen LogP contribution in [0.5, 0.6) is 0 Å². The lowest BCUT2D eigenvalue weighted by atomic mass is 10.1. The molecule has 0 saturated carbocycles. The molecule has 21 heavy (non-hydrogen) atoms. The summed E-state index contributed by atoms with van der Waals surface area (Å²) in [6.07, 6.45) is 4.60. The third-order valence-electron chi connectivity index (χ3n) is 3.14. The molecule has 0 radical (unpaired) electrons. The summed E-state index contributed by atoms with van der Waals surface area (Å²) >= 11 is 0. The number of aliphatic carboxylic acids is 2. The maximum absolute atomic E-state index is 10.9. The Balaban J connectivity index is 0. The Morgan fingerprint density at radius 3 is 1.43 bits per heavy atom. The Bertz CT molecular complexity index is 262. The summed E-state index contributed by atoms with van der Waals surface area (Å²) < 4.78 is 0. The molecule has 0 aliphatic carbocycles. The van der Waals surface area contributed by atoms with Gasteiger partial charge < -0.3 is 20.8 Å². The number of carboxylic acids is 2. The second-order valence-electron chi connectivity index (χ2n) is 4.97. The van der Waals surface area contributed by atoms with Gasteiger partial charge in [-0.15, -0.1) is 17.0 Å². The minimum absolute atomic E-state index is 0. The van der Waals surface area contributed by atoms with Gasteiger partial charge in [-0.3, -0.25) is 9.59 Å². The molecule has 0 amide bonds. The SMILES string of the molecule is Br.CCCC(NCCCCNC(CCC)C(=O)O)C(=O)O. The molecule has 0 fully saturated rings. The van der Waals surface area contributed by atoms with Crippen molar-refractivity contribution >= 4 is 28.9 Å². The zero-order chi connectivity index (χ0) is 15.4. The van der Waals surface area contributed by atoms with Gasteiger partial charge in [-0.25, -0.2) is 0 Å². The minimum Gasteiger partial charge on any atom is -0.480 e. The zero-order valence-corrected chi connectivity index (χ0v) is 14.6. The largest absolute Gasteiger partial charge is 0.480 e. The van der Waals surface area contributed by atoms with Gasteiger partial charge in [-0.1, -0.05) is 26.7 Å². The topological polar surface area (TPSA) is 98.7 Å². The van der Waals surface area contributed by atoms with Gasteiger partial charge in [-0.2, -0.15) is 0 Å². The van der Waals surface area contributed by atoms with Crippen LogP contribution in [0.25, 0.3) is 0 Å².